The van der Waals surface area contributed by atoms with E-state index in [1.54, 1.807) is 13.0 Å². The summed E-state index contributed by atoms with van der Waals surface area (Å²) in [6.45, 7) is 1.74. The first-order chi connectivity index (χ1) is 15.5. The fourth-order valence-corrected chi connectivity index (χ4v) is 4.77. The minimum Gasteiger partial charge on any atom is -0.478 e. The fourth-order valence-electron chi connectivity index (χ4n) is 4.77. The average molecular weight is 425 g/mol. The first-order valence-corrected chi connectivity index (χ1v) is 10.8. The van der Waals surface area contributed by atoms with Gasteiger partial charge in [-0.2, -0.15) is 0 Å². The lowest BCUT2D eigenvalue weighted by molar-refractivity contribution is -0.133. The van der Waals surface area contributed by atoms with Crippen LogP contribution in [0.2, 0.25) is 0 Å². The van der Waals surface area contributed by atoms with Gasteiger partial charge < -0.3 is 14.8 Å². The molecule has 1 aliphatic heterocycles. The predicted octanol–water partition coefficient (Wildman–Crippen LogP) is 5.67. The van der Waals surface area contributed by atoms with E-state index in [2.05, 4.69) is 5.32 Å². The number of hydrogen-bond donors (Lipinski definition) is 2. The van der Waals surface area contributed by atoms with Gasteiger partial charge in [0.25, 0.3) is 0 Å². The van der Waals surface area contributed by atoms with Crippen LogP contribution in [0.25, 0.3) is 22.5 Å². The predicted molar refractivity (Wildman–Crippen MR) is 122 cm³/mol. The molecule has 1 aromatic heterocycles. The molecule has 0 saturated carbocycles. The molecule has 5 rings (SSSR count). The van der Waals surface area contributed by atoms with Crippen molar-refractivity contribution in [2.24, 2.45) is 0 Å². The topological polar surface area (TPSA) is 79.5 Å². The Morgan fingerprint density at radius 1 is 0.969 bits per heavy atom. The van der Waals surface area contributed by atoms with E-state index >= 15 is 0 Å². The smallest absolute Gasteiger partial charge is 0.334 e. The number of allylic oxidation sites excluding steroid dienone is 3. The molecule has 0 amide bonds. The van der Waals surface area contributed by atoms with Crippen LogP contribution in [0, 0.1) is 0 Å². The molecule has 0 spiro atoms. The Balaban J connectivity index is 1.63. The molecule has 3 aromatic rings. The standard InChI is InChI=1S/C27H23NO4/c1-16-24(27(30)31)26(25-20(28-16)12-7-13-21(25)29)23-15-14-22(32-23)19-11-6-5-10-18(19)17-8-3-2-4-9-17/h2-6,8-11,14-15,26,28H,7,12-13H2,1H3,(H,30,31). The van der Waals surface area contributed by atoms with Crippen molar-refractivity contribution < 1.29 is 19.1 Å². The van der Waals surface area contributed by atoms with Gasteiger partial charge in [-0.25, -0.2) is 4.79 Å². The lowest BCUT2D eigenvalue weighted by Crippen LogP contribution is -2.33. The number of Topliss-reactive ketones (excluding diaryl/α,β-unsaturated/α-hetero) is 1. The molecule has 0 radical (unpaired) electrons. The zero-order valence-electron chi connectivity index (χ0n) is 17.7. The van der Waals surface area contributed by atoms with Gasteiger partial charge in [0, 0.05) is 29.0 Å². The molecule has 1 aliphatic carbocycles. The van der Waals surface area contributed by atoms with E-state index in [4.69, 9.17) is 4.42 Å². The number of nitrogens with one attached hydrogen (secondary N) is 1. The Kier molecular flexibility index (Phi) is 5.02. The van der Waals surface area contributed by atoms with Crippen molar-refractivity contribution >= 4 is 11.8 Å². The normalized spacial score (nSPS) is 18.4. The molecule has 2 N–H and O–H groups in total. The zero-order chi connectivity index (χ0) is 22.2. The Bertz CT molecular complexity index is 1280. The van der Waals surface area contributed by atoms with E-state index in [-0.39, 0.29) is 11.4 Å². The molecule has 1 atom stereocenters. The van der Waals surface area contributed by atoms with Gasteiger partial charge in [-0.3, -0.25) is 4.79 Å². The Morgan fingerprint density at radius 3 is 2.44 bits per heavy atom. The van der Waals surface area contributed by atoms with Crippen LogP contribution in [0.3, 0.4) is 0 Å². The molecule has 1 unspecified atom stereocenters. The third kappa shape index (κ3) is 3.36. The summed E-state index contributed by atoms with van der Waals surface area (Å²) in [6, 6.07) is 21.7. The molecule has 2 aliphatic rings. The summed E-state index contributed by atoms with van der Waals surface area (Å²) >= 11 is 0. The number of carboxylic acid groups (broad SMARTS) is 1. The lowest BCUT2D eigenvalue weighted by atomic mass is 9.77. The number of dihydropyridines is 1. The third-order valence-electron chi connectivity index (χ3n) is 6.19. The number of hydrogen-bond acceptors (Lipinski definition) is 4. The SMILES string of the molecule is CC1=C(C(=O)O)C(c2ccc(-c3ccccc3-c3ccccc3)o2)C2=C(CCCC2=O)N1. The molecule has 32 heavy (non-hydrogen) atoms. The molecule has 2 aromatic carbocycles. The van der Waals surface area contributed by atoms with Gasteiger partial charge in [-0.05, 0) is 43.0 Å². The van der Waals surface area contributed by atoms with Gasteiger partial charge >= 0.3 is 5.97 Å². The van der Waals surface area contributed by atoms with Crippen LogP contribution in [-0.4, -0.2) is 16.9 Å². The maximum atomic E-state index is 12.8. The molecule has 160 valence electrons. The molecular formula is C27H23NO4. The van der Waals surface area contributed by atoms with Crippen molar-refractivity contribution in [2.45, 2.75) is 32.1 Å². The van der Waals surface area contributed by atoms with E-state index < -0.39 is 11.9 Å². The summed E-state index contributed by atoms with van der Waals surface area (Å²) in [5, 5.41) is 13.1. The maximum Gasteiger partial charge on any atom is 0.334 e. The number of ketones is 1. The summed E-state index contributed by atoms with van der Waals surface area (Å²) in [4.78, 5) is 25.0. The Labute approximate surface area is 186 Å². The highest BCUT2D eigenvalue weighted by Crippen LogP contribution is 2.44. The quantitative estimate of drug-likeness (QED) is 0.563. The Morgan fingerprint density at radius 2 is 1.69 bits per heavy atom. The molecule has 0 bridgehead atoms. The molecule has 5 nitrogen and oxygen atoms in total. The highest BCUT2D eigenvalue weighted by Gasteiger charge is 2.40. The van der Waals surface area contributed by atoms with Crippen LogP contribution < -0.4 is 5.32 Å². The summed E-state index contributed by atoms with van der Waals surface area (Å²) in [7, 11) is 0. The van der Waals surface area contributed by atoms with Crippen LogP contribution in [0.1, 0.15) is 37.9 Å². The van der Waals surface area contributed by atoms with Crippen molar-refractivity contribution in [3.63, 3.8) is 0 Å². The number of aliphatic carboxylic acids is 1. The first-order valence-electron chi connectivity index (χ1n) is 10.8. The number of carbonyl (C=O) groups excluding carboxylic acids is 1. The highest BCUT2D eigenvalue weighted by atomic mass is 16.4. The van der Waals surface area contributed by atoms with E-state index in [9.17, 15) is 14.7 Å². The molecule has 0 fully saturated rings. The summed E-state index contributed by atoms with van der Waals surface area (Å²) in [5.41, 5.74) is 5.07. The van der Waals surface area contributed by atoms with E-state index in [0.29, 0.717) is 29.2 Å². The first kappa shape index (κ1) is 20.1. The third-order valence-corrected chi connectivity index (χ3v) is 6.19. The summed E-state index contributed by atoms with van der Waals surface area (Å²) in [5.74, 6) is -0.658. The van der Waals surface area contributed by atoms with Crippen molar-refractivity contribution in [1.82, 2.24) is 5.32 Å². The summed E-state index contributed by atoms with van der Waals surface area (Å²) < 4.78 is 6.29. The van der Waals surface area contributed by atoms with Crippen molar-refractivity contribution in [3.8, 4) is 22.5 Å². The lowest BCUT2D eigenvalue weighted by Gasteiger charge is -2.32. The van der Waals surface area contributed by atoms with Gasteiger partial charge in [0.15, 0.2) is 5.78 Å². The van der Waals surface area contributed by atoms with E-state index in [0.717, 1.165) is 35.2 Å². The largest absolute Gasteiger partial charge is 0.478 e. The zero-order valence-corrected chi connectivity index (χ0v) is 17.7. The van der Waals surface area contributed by atoms with Crippen molar-refractivity contribution in [2.75, 3.05) is 0 Å². The average Bonchev–Trinajstić information content (AvgIpc) is 3.28. The second-order valence-corrected chi connectivity index (χ2v) is 8.18. The number of carbonyl (C=O) groups is 2. The van der Waals surface area contributed by atoms with Gasteiger partial charge in [0.2, 0.25) is 0 Å². The molecule has 0 saturated heterocycles. The van der Waals surface area contributed by atoms with Gasteiger partial charge in [0.05, 0.1) is 11.5 Å². The second kappa shape index (κ2) is 8.00. The van der Waals surface area contributed by atoms with Crippen molar-refractivity contribution in [3.05, 3.63) is 95.0 Å². The van der Waals surface area contributed by atoms with Gasteiger partial charge in [0.1, 0.15) is 11.5 Å². The van der Waals surface area contributed by atoms with Crippen LogP contribution in [0.4, 0.5) is 0 Å². The van der Waals surface area contributed by atoms with Gasteiger partial charge in [-0.15, -0.1) is 0 Å². The van der Waals surface area contributed by atoms with Crippen LogP contribution in [0.15, 0.2) is 93.7 Å². The molecule has 5 heteroatoms. The monoisotopic (exact) mass is 425 g/mol. The number of benzene rings is 2. The minimum atomic E-state index is -1.05. The number of furan rings is 1. The van der Waals surface area contributed by atoms with Crippen molar-refractivity contribution in [1.29, 1.82) is 0 Å². The maximum absolute atomic E-state index is 12.8. The van der Waals surface area contributed by atoms with Crippen LogP contribution in [0.5, 0.6) is 0 Å². The van der Waals surface area contributed by atoms with E-state index in [1.807, 2.05) is 60.7 Å². The number of carboxylic acids is 1. The second-order valence-electron chi connectivity index (χ2n) is 8.18. The highest BCUT2D eigenvalue weighted by molar-refractivity contribution is 6.03. The molecular weight excluding hydrogens is 402 g/mol. The van der Waals surface area contributed by atoms with Crippen LogP contribution >= 0.6 is 0 Å². The summed E-state index contributed by atoms with van der Waals surface area (Å²) in [6.07, 6.45) is 1.92. The van der Waals surface area contributed by atoms with Gasteiger partial charge in [-0.1, -0.05) is 54.6 Å². The molecule has 2 heterocycles. The van der Waals surface area contributed by atoms with E-state index in [1.165, 1.54) is 0 Å². The Hall–Kier alpha value is -3.86. The van der Waals surface area contributed by atoms with Crippen LogP contribution in [-0.2, 0) is 9.59 Å². The number of rotatable bonds is 4. The minimum absolute atomic E-state index is 0.0161. The fraction of sp³-hybridized carbons (Fsp3) is 0.185.